The summed E-state index contributed by atoms with van der Waals surface area (Å²) >= 11 is 0. The zero-order chi connectivity index (χ0) is 15.9. The molecule has 0 rings (SSSR count). The van der Waals surface area contributed by atoms with Gasteiger partial charge in [-0.2, -0.15) is 0 Å². The molecule has 0 saturated carbocycles. The molecule has 0 radical (unpaired) electrons. The third-order valence-electron chi connectivity index (χ3n) is 2.38. The van der Waals surface area contributed by atoms with E-state index in [0.717, 1.165) is 13.8 Å². The highest BCUT2D eigenvalue weighted by molar-refractivity contribution is 5.78. The molecular weight excluding hydrogens is 274 g/mol. The normalized spacial score (nSPS) is 18.3. The van der Waals surface area contributed by atoms with Crippen LogP contribution in [0.1, 0.15) is 13.8 Å². The summed E-state index contributed by atoms with van der Waals surface area (Å²) in [5.74, 6) is -1.79. The van der Waals surface area contributed by atoms with E-state index in [1.807, 2.05) is 0 Å². The van der Waals surface area contributed by atoms with Gasteiger partial charge in [-0.1, -0.05) is 0 Å². The van der Waals surface area contributed by atoms with E-state index >= 15 is 0 Å². The van der Waals surface area contributed by atoms with Crippen LogP contribution in [0, 0.1) is 0 Å². The number of carbonyl (C=O) groups excluding carboxylic acids is 3. The topological polar surface area (TPSA) is 153 Å². The maximum atomic E-state index is 11.3. The molecule has 0 aromatic heterocycles. The molecule has 0 aromatic carbocycles. The Kier molecular flexibility index (Phi) is 7.92. The van der Waals surface area contributed by atoms with Crippen molar-refractivity contribution in [1.82, 2.24) is 5.32 Å². The molecule has 0 saturated heterocycles. The Morgan fingerprint density at radius 3 is 2.20 bits per heavy atom. The van der Waals surface area contributed by atoms with E-state index in [-0.39, 0.29) is 6.29 Å². The SMILES string of the molecule is CC(=O)N[C@@H](C=O)[C@@H](OC(=O)C(C)O)[C@H](O)[C@H](O)CO. The van der Waals surface area contributed by atoms with Crippen LogP contribution in [0.3, 0.4) is 0 Å². The minimum absolute atomic E-state index is 0.203. The van der Waals surface area contributed by atoms with Gasteiger partial charge in [0.25, 0.3) is 0 Å². The van der Waals surface area contributed by atoms with Gasteiger partial charge in [-0.25, -0.2) is 4.79 Å². The number of hydrogen-bond donors (Lipinski definition) is 5. The number of amides is 1. The van der Waals surface area contributed by atoms with Crippen molar-refractivity contribution in [2.45, 2.75) is 44.3 Å². The van der Waals surface area contributed by atoms with Crippen molar-refractivity contribution in [3.63, 3.8) is 0 Å². The first kappa shape index (κ1) is 18.4. The number of aliphatic hydroxyl groups is 4. The molecule has 20 heavy (non-hydrogen) atoms. The van der Waals surface area contributed by atoms with Crippen LogP contribution in [0.2, 0.25) is 0 Å². The van der Waals surface area contributed by atoms with Crippen LogP contribution >= 0.6 is 0 Å². The van der Waals surface area contributed by atoms with Gasteiger partial charge >= 0.3 is 5.97 Å². The van der Waals surface area contributed by atoms with Crippen molar-refractivity contribution < 1.29 is 39.5 Å². The van der Waals surface area contributed by atoms with Crippen molar-refractivity contribution >= 4 is 18.2 Å². The first-order chi connectivity index (χ1) is 9.24. The maximum absolute atomic E-state index is 11.3. The molecule has 0 aromatic rings. The molecule has 0 bridgehead atoms. The molecular formula is C11H19NO8. The predicted molar refractivity (Wildman–Crippen MR) is 64.3 cm³/mol. The summed E-state index contributed by atoms with van der Waals surface area (Å²) in [6, 6.07) is -1.44. The van der Waals surface area contributed by atoms with Crippen LogP contribution in [0.25, 0.3) is 0 Å². The van der Waals surface area contributed by atoms with Crippen LogP contribution < -0.4 is 5.32 Å². The number of carbonyl (C=O) groups is 3. The second-order valence-electron chi connectivity index (χ2n) is 4.18. The summed E-state index contributed by atoms with van der Waals surface area (Å²) in [6.45, 7) is 1.34. The summed E-state index contributed by atoms with van der Waals surface area (Å²) in [6.07, 6.45) is -6.50. The molecule has 0 spiro atoms. The lowest BCUT2D eigenvalue weighted by molar-refractivity contribution is -0.173. The van der Waals surface area contributed by atoms with Gasteiger partial charge in [0.05, 0.1) is 6.61 Å². The number of esters is 1. The molecule has 0 aliphatic rings. The highest BCUT2D eigenvalue weighted by Crippen LogP contribution is 2.10. The van der Waals surface area contributed by atoms with Gasteiger partial charge in [-0.3, -0.25) is 4.79 Å². The summed E-state index contributed by atoms with van der Waals surface area (Å²) < 4.78 is 4.69. The number of aldehydes is 1. The highest BCUT2D eigenvalue weighted by atomic mass is 16.6. The lowest BCUT2D eigenvalue weighted by atomic mass is 10.0. The molecule has 0 aliphatic heterocycles. The van der Waals surface area contributed by atoms with Gasteiger partial charge in [0, 0.05) is 6.92 Å². The zero-order valence-corrected chi connectivity index (χ0v) is 11.1. The van der Waals surface area contributed by atoms with Crippen LogP contribution in [-0.4, -0.2) is 75.7 Å². The Balaban J connectivity index is 5.15. The van der Waals surface area contributed by atoms with Gasteiger partial charge < -0.3 is 35.3 Å². The van der Waals surface area contributed by atoms with E-state index in [1.54, 1.807) is 0 Å². The van der Waals surface area contributed by atoms with Crippen molar-refractivity contribution in [3.8, 4) is 0 Å². The Hall–Kier alpha value is -1.55. The van der Waals surface area contributed by atoms with E-state index in [0.29, 0.717) is 0 Å². The molecule has 0 fully saturated rings. The van der Waals surface area contributed by atoms with Crippen molar-refractivity contribution in [1.29, 1.82) is 0 Å². The lowest BCUT2D eigenvalue weighted by Gasteiger charge is -2.30. The average Bonchev–Trinajstić information content (AvgIpc) is 2.39. The molecule has 1 amide bonds. The quantitative estimate of drug-likeness (QED) is 0.230. The highest BCUT2D eigenvalue weighted by Gasteiger charge is 2.37. The standard InChI is InChI=1S/C11H19NO8/c1-5(15)11(19)20-10(9(18)8(17)4-14)7(3-13)12-6(2)16/h3,5,7-10,14-15,17-18H,4H2,1-2H3,(H,12,16)/t5?,7-,8+,9+,10+/m0/s1. The molecule has 0 heterocycles. The summed E-state index contributed by atoms with van der Waals surface area (Å²) in [7, 11) is 0. The number of aliphatic hydroxyl groups excluding tert-OH is 4. The van der Waals surface area contributed by atoms with Crippen molar-refractivity contribution in [2.75, 3.05) is 6.61 Å². The number of hydrogen-bond acceptors (Lipinski definition) is 8. The molecule has 9 heteroatoms. The van der Waals surface area contributed by atoms with Gasteiger partial charge in [-0.15, -0.1) is 0 Å². The molecule has 116 valence electrons. The first-order valence-corrected chi connectivity index (χ1v) is 5.82. The molecule has 1 unspecified atom stereocenters. The van der Waals surface area contributed by atoms with Crippen LogP contribution in [0.5, 0.6) is 0 Å². The van der Waals surface area contributed by atoms with Gasteiger partial charge in [-0.05, 0) is 6.92 Å². The van der Waals surface area contributed by atoms with Crippen LogP contribution in [0.4, 0.5) is 0 Å². The van der Waals surface area contributed by atoms with E-state index in [2.05, 4.69) is 5.32 Å². The number of nitrogens with one attached hydrogen (secondary N) is 1. The fourth-order valence-corrected chi connectivity index (χ4v) is 1.34. The second-order valence-corrected chi connectivity index (χ2v) is 4.18. The van der Waals surface area contributed by atoms with Crippen molar-refractivity contribution in [3.05, 3.63) is 0 Å². The predicted octanol–water partition coefficient (Wildman–Crippen LogP) is -3.30. The summed E-state index contributed by atoms with van der Waals surface area (Å²) in [4.78, 5) is 33.2. The number of ether oxygens (including phenoxy) is 1. The van der Waals surface area contributed by atoms with Gasteiger partial charge in [0.2, 0.25) is 5.91 Å². The third-order valence-corrected chi connectivity index (χ3v) is 2.38. The van der Waals surface area contributed by atoms with Gasteiger partial charge in [0.1, 0.15) is 30.6 Å². The Bertz CT molecular complexity index is 345. The average molecular weight is 293 g/mol. The molecule has 5 atom stereocenters. The first-order valence-electron chi connectivity index (χ1n) is 5.82. The van der Waals surface area contributed by atoms with E-state index in [1.165, 1.54) is 0 Å². The fourth-order valence-electron chi connectivity index (χ4n) is 1.34. The Morgan fingerprint density at radius 2 is 1.85 bits per heavy atom. The molecule has 9 nitrogen and oxygen atoms in total. The Labute approximate surface area is 115 Å². The maximum Gasteiger partial charge on any atom is 0.335 e. The zero-order valence-electron chi connectivity index (χ0n) is 11.1. The molecule has 5 N–H and O–H groups in total. The minimum Gasteiger partial charge on any atom is -0.455 e. The van der Waals surface area contributed by atoms with Crippen molar-refractivity contribution in [2.24, 2.45) is 0 Å². The van der Waals surface area contributed by atoms with Crippen LogP contribution in [0.15, 0.2) is 0 Å². The molecule has 0 aliphatic carbocycles. The summed E-state index contributed by atoms with van der Waals surface area (Å²) in [5, 5.41) is 39.0. The Morgan fingerprint density at radius 1 is 1.30 bits per heavy atom. The van der Waals surface area contributed by atoms with E-state index in [9.17, 15) is 24.6 Å². The van der Waals surface area contributed by atoms with E-state index < -0.39 is 48.9 Å². The van der Waals surface area contributed by atoms with Crippen LogP contribution in [-0.2, 0) is 19.1 Å². The largest absolute Gasteiger partial charge is 0.455 e. The fraction of sp³-hybridized carbons (Fsp3) is 0.727. The third kappa shape index (κ3) is 5.61. The number of rotatable bonds is 8. The lowest BCUT2D eigenvalue weighted by Crippen LogP contribution is -2.55. The van der Waals surface area contributed by atoms with Gasteiger partial charge in [0.15, 0.2) is 6.10 Å². The second kappa shape index (κ2) is 8.59. The minimum atomic E-state index is -1.83. The van der Waals surface area contributed by atoms with E-state index in [4.69, 9.17) is 14.9 Å². The monoisotopic (exact) mass is 293 g/mol. The summed E-state index contributed by atoms with van der Waals surface area (Å²) in [5.41, 5.74) is 0. The smallest absolute Gasteiger partial charge is 0.335 e.